The fraction of sp³-hybridized carbons (Fsp3) is 0.250. The second kappa shape index (κ2) is 5.96. The summed E-state index contributed by atoms with van der Waals surface area (Å²) in [5.41, 5.74) is 3.66. The maximum atomic E-state index is 3.17. The molecular formula is C16H19NS. The largest absolute Gasteiger partial charge is 0.388 e. The van der Waals surface area contributed by atoms with E-state index < -0.39 is 0 Å². The van der Waals surface area contributed by atoms with Crippen molar-refractivity contribution in [3.8, 4) is 11.1 Å². The highest BCUT2D eigenvalue weighted by Crippen LogP contribution is 2.27. The number of rotatable bonds is 4. The molecule has 2 aromatic rings. The highest BCUT2D eigenvalue weighted by Gasteiger charge is 2.01. The van der Waals surface area contributed by atoms with Gasteiger partial charge in [0.05, 0.1) is 0 Å². The molecule has 0 amide bonds. The van der Waals surface area contributed by atoms with Gasteiger partial charge in [0, 0.05) is 22.9 Å². The van der Waals surface area contributed by atoms with Crippen molar-refractivity contribution in [3.63, 3.8) is 0 Å². The molecule has 94 valence electrons. The molecule has 0 saturated carbocycles. The minimum Gasteiger partial charge on any atom is -0.388 e. The number of anilines is 1. The normalized spacial score (nSPS) is 10.7. The molecule has 1 nitrogen and oxygen atoms in total. The standard InChI is InChI=1S/C16H19NS/c1-12(2)18-16-9-7-13(8-10-16)14-5-4-6-15(11-14)17-3/h4-12,17H,1-3H3. The summed E-state index contributed by atoms with van der Waals surface area (Å²) in [6, 6.07) is 17.3. The molecule has 0 bridgehead atoms. The molecule has 0 unspecified atom stereocenters. The van der Waals surface area contributed by atoms with Gasteiger partial charge in [-0.15, -0.1) is 11.8 Å². The first kappa shape index (κ1) is 13.0. The zero-order valence-corrected chi connectivity index (χ0v) is 11.9. The molecular weight excluding hydrogens is 238 g/mol. The van der Waals surface area contributed by atoms with Gasteiger partial charge in [0.2, 0.25) is 0 Å². The molecule has 0 radical (unpaired) electrons. The summed E-state index contributed by atoms with van der Waals surface area (Å²) in [5.74, 6) is 0. The lowest BCUT2D eigenvalue weighted by molar-refractivity contribution is 1.11. The molecule has 18 heavy (non-hydrogen) atoms. The van der Waals surface area contributed by atoms with E-state index in [0.717, 1.165) is 5.69 Å². The Kier molecular flexibility index (Phi) is 4.32. The summed E-state index contributed by atoms with van der Waals surface area (Å²) >= 11 is 1.90. The van der Waals surface area contributed by atoms with Gasteiger partial charge in [0.25, 0.3) is 0 Å². The van der Waals surface area contributed by atoms with E-state index in [1.165, 1.54) is 16.0 Å². The molecule has 0 saturated heterocycles. The van der Waals surface area contributed by atoms with Gasteiger partial charge in [-0.2, -0.15) is 0 Å². The smallest absolute Gasteiger partial charge is 0.0343 e. The van der Waals surface area contributed by atoms with Gasteiger partial charge >= 0.3 is 0 Å². The molecule has 0 aliphatic heterocycles. The summed E-state index contributed by atoms with van der Waals surface area (Å²) in [5, 5.41) is 3.80. The minimum absolute atomic E-state index is 0.628. The Morgan fingerprint density at radius 3 is 2.28 bits per heavy atom. The highest BCUT2D eigenvalue weighted by molar-refractivity contribution is 7.99. The van der Waals surface area contributed by atoms with Gasteiger partial charge in [-0.05, 0) is 35.4 Å². The summed E-state index contributed by atoms with van der Waals surface area (Å²) in [7, 11) is 1.95. The maximum absolute atomic E-state index is 3.17. The van der Waals surface area contributed by atoms with Crippen molar-refractivity contribution in [1.29, 1.82) is 0 Å². The van der Waals surface area contributed by atoms with Gasteiger partial charge in [-0.1, -0.05) is 38.1 Å². The van der Waals surface area contributed by atoms with Crippen LogP contribution in [0.5, 0.6) is 0 Å². The lowest BCUT2D eigenvalue weighted by Gasteiger charge is -2.08. The molecule has 0 aliphatic rings. The zero-order chi connectivity index (χ0) is 13.0. The van der Waals surface area contributed by atoms with Gasteiger partial charge in [0.15, 0.2) is 0 Å². The summed E-state index contributed by atoms with van der Waals surface area (Å²) in [6.07, 6.45) is 0. The van der Waals surface area contributed by atoms with Crippen molar-refractivity contribution in [2.75, 3.05) is 12.4 Å². The van der Waals surface area contributed by atoms with Gasteiger partial charge < -0.3 is 5.32 Å². The Morgan fingerprint density at radius 2 is 1.67 bits per heavy atom. The van der Waals surface area contributed by atoms with Crippen LogP contribution in [0.25, 0.3) is 11.1 Å². The predicted octanol–water partition coefficient (Wildman–Crippen LogP) is 4.90. The first-order valence-corrected chi connectivity index (χ1v) is 7.12. The summed E-state index contributed by atoms with van der Waals surface area (Å²) in [6.45, 7) is 4.43. The SMILES string of the molecule is CNc1cccc(-c2ccc(SC(C)C)cc2)c1. The van der Waals surface area contributed by atoms with Crippen molar-refractivity contribution in [3.05, 3.63) is 48.5 Å². The van der Waals surface area contributed by atoms with E-state index in [1.807, 2.05) is 18.8 Å². The molecule has 0 aliphatic carbocycles. The predicted molar refractivity (Wildman–Crippen MR) is 82.4 cm³/mol. The molecule has 0 fully saturated rings. The Labute approximate surface area is 114 Å². The van der Waals surface area contributed by atoms with E-state index in [0.29, 0.717) is 5.25 Å². The third kappa shape index (κ3) is 3.30. The van der Waals surface area contributed by atoms with E-state index in [4.69, 9.17) is 0 Å². The van der Waals surface area contributed by atoms with Crippen LogP contribution >= 0.6 is 11.8 Å². The minimum atomic E-state index is 0.628. The molecule has 0 spiro atoms. The van der Waals surface area contributed by atoms with E-state index in [1.54, 1.807) is 0 Å². The second-order valence-corrected chi connectivity index (χ2v) is 6.17. The molecule has 2 aromatic carbocycles. The Hall–Kier alpha value is -1.41. The number of hydrogen-bond acceptors (Lipinski definition) is 2. The van der Waals surface area contributed by atoms with Crippen LogP contribution in [0.2, 0.25) is 0 Å². The molecule has 2 heteroatoms. The van der Waals surface area contributed by atoms with Crippen molar-refractivity contribution in [2.24, 2.45) is 0 Å². The van der Waals surface area contributed by atoms with E-state index in [9.17, 15) is 0 Å². The van der Waals surface area contributed by atoms with E-state index >= 15 is 0 Å². The van der Waals surface area contributed by atoms with Gasteiger partial charge in [-0.3, -0.25) is 0 Å². The number of thioether (sulfide) groups is 1. The number of hydrogen-bond donors (Lipinski definition) is 1. The van der Waals surface area contributed by atoms with Crippen LogP contribution in [0, 0.1) is 0 Å². The van der Waals surface area contributed by atoms with Crippen molar-refractivity contribution >= 4 is 17.4 Å². The van der Waals surface area contributed by atoms with Crippen LogP contribution in [0.4, 0.5) is 5.69 Å². The van der Waals surface area contributed by atoms with Crippen molar-refractivity contribution < 1.29 is 0 Å². The van der Waals surface area contributed by atoms with Crippen LogP contribution < -0.4 is 5.32 Å². The van der Waals surface area contributed by atoms with E-state index in [-0.39, 0.29) is 0 Å². The lowest BCUT2D eigenvalue weighted by atomic mass is 10.1. The Balaban J connectivity index is 2.22. The molecule has 0 heterocycles. The molecule has 0 aromatic heterocycles. The van der Waals surface area contributed by atoms with Gasteiger partial charge in [0.1, 0.15) is 0 Å². The number of benzene rings is 2. The maximum Gasteiger partial charge on any atom is 0.0343 e. The van der Waals surface area contributed by atoms with Gasteiger partial charge in [-0.25, -0.2) is 0 Å². The molecule has 1 N–H and O–H groups in total. The molecule has 2 rings (SSSR count). The monoisotopic (exact) mass is 257 g/mol. The van der Waals surface area contributed by atoms with Crippen LogP contribution in [-0.2, 0) is 0 Å². The van der Waals surface area contributed by atoms with Crippen LogP contribution in [0.3, 0.4) is 0 Å². The van der Waals surface area contributed by atoms with E-state index in [2.05, 4.69) is 67.7 Å². The third-order valence-electron chi connectivity index (χ3n) is 2.71. The van der Waals surface area contributed by atoms with Crippen LogP contribution in [-0.4, -0.2) is 12.3 Å². The summed E-state index contributed by atoms with van der Waals surface area (Å²) < 4.78 is 0. The second-order valence-electron chi connectivity index (χ2n) is 4.52. The lowest BCUT2D eigenvalue weighted by Crippen LogP contribution is -1.88. The van der Waals surface area contributed by atoms with Crippen molar-refractivity contribution in [2.45, 2.75) is 24.0 Å². The Bertz CT molecular complexity index is 503. The average molecular weight is 257 g/mol. The highest BCUT2D eigenvalue weighted by atomic mass is 32.2. The first-order chi connectivity index (χ1) is 8.69. The fourth-order valence-corrected chi connectivity index (χ4v) is 2.69. The Morgan fingerprint density at radius 1 is 0.944 bits per heavy atom. The first-order valence-electron chi connectivity index (χ1n) is 6.24. The quantitative estimate of drug-likeness (QED) is 0.782. The third-order valence-corrected chi connectivity index (χ3v) is 3.73. The fourth-order valence-electron chi connectivity index (χ4n) is 1.85. The zero-order valence-electron chi connectivity index (χ0n) is 11.1. The molecule has 0 atom stereocenters. The van der Waals surface area contributed by atoms with Crippen LogP contribution in [0.1, 0.15) is 13.8 Å². The van der Waals surface area contributed by atoms with Crippen LogP contribution in [0.15, 0.2) is 53.4 Å². The summed E-state index contributed by atoms with van der Waals surface area (Å²) in [4.78, 5) is 1.33. The van der Waals surface area contributed by atoms with Crippen molar-refractivity contribution in [1.82, 2.24) is 0 Å². The average Bonchev–Trinajstić information content (AvgIpc) is 2.39. The number of nitrogens with one attached hydrogen (secondary N) is 1. The topological polar surface area (TPSA) is 12.0 Å².